The molecule has 5 heteroatoms. The van der Waals surface area contributed by atoms with Crippen LogP contribution in [0.2, 0.25) is 0 Å². The van der Waals surface area contributed by atoms with Gasteiger partial charge in [0.15, 0.2) is 0 Å². The third-order valence-electron chi connectivity index (χ3n) is 3.99. The molecule has 1 atom stereocenters. The van der Waals surface area contributed by atoms with Crippen molar-refractivity contribution in [3.63, 3.8) is 0 Å². The van der Waals surface area contributed by atoms with Crippen molar-refractivity contribution < 1.29 is 0 Å². The van der Waals surface area contributed by atoms with Gasteiger partial charge < -0.3 is 4.90 Å². The summed E-state index contributed by atoms with van der Waals surface area (Å²) in [5, 5.41) is 7.98. The second kappa shape index (κ2) is 5.66. The van der Waals surface area contributed by atoms with Crippen LogP contribution >= 0.6 is 11.3 Å². The molecular formula is C15H22N4S. The van der Waals surface area contributed by atoms with E-state index in [2.05, 4.69) is 51.9 Å². The predicted octanol–water partition coefficient (Wildman–Crippen LogP) is 2.75. The van der Waals surface area contributed by atoms with Gasteiger partial charge in [0.05, 0.1) is 22.4 Å². The lowest BCUT2D eigenvalue weighted by Crippen LogP contribution is -2.24. The van der Waals surface area contributed by atoms with Crippen molar-refractivity contribution in [2.45, 2.75) is 39.7 Å². The molecule has 2 aromatic rings. The summed E-state index contributed by atoms with van der Waals surface area (Å²) in [6, 6.07) is 2.71. The van der Waals surface area contributed by atoms with Gasteiger partial charge in [-0.3, -0.25) is 4.68 Å². The van der Waals surface area contributed by atoms with Crippen molar-refractivity contribution in [3.8, 4) is 0 Å². The van der Waals surface area contributed by atoms with E-state index in [9.17, 15) is 0 Å². The molecule has 3 rings (SSSR count). The fourth-order valence-electron chi connectivity index (χ4n) is 3.03. The van der Waals surface area contributed by atoms with E-state index in [1.54, 1.807) is 11.3 Å². The molecule has 0 radical (unpaired) electrons. The minimum absolute atomic E-state index is 0.542. The van der Waals surface area contributed by atoms with Crippen LogP contribution in [0.25, 0.3) is 0 Å². The highest BCUT2D eigenvalue weighted by molar-refractivity contribution is 7.09. The zero-order valence-corrected chi connectivity index (χ0v) is 13.3. The number of nitrogens with zero attached hydrogens (tertiary/aromatic N) is 4. The molecule has 2 aromatic heterocycles. The number of aromatic nitrogens is 3. The highest BCUT2D eigenvalue weighted by Gasteiger charge is 2.25. The van der Waals surface area contributed by atoms with E-state index in [1.165, 1.54) is 29.4 Å². The van der Waals surface area contributed by atoms with Crippen LogP contribution in [0.1, 0.15) is 34.6 Å². The van der Waals surface area contributed by atoms with Crippen molar-refractivity contribution in [2.75, 3.05) is 19.6 Å². The van der Waals surface area contributed by atoms with E-state index in [-0.39, 0.29) is 0 Å². The Morgan fingerprint density at radius 2 is 2.20 bits per heavy atom. The molecule has 1 fully saturated rings. The first kappa shape index (κ1) is 13.8. The first-order chi connectivity index (χ1) is 9.61. The van der Waals surface area contributed by atoms with E-state index in [4.69, 9.17) is 0 Å². The Hall–Kier alpha value is -1.20. The standard InChI is InChI=1S/C15H22N4S/c1-11-8-12(2)19(17-11)15-5-7-18(9-15)6-4-14-10-20-13(3)16-14/h8,10,15H,4-7,9H2,1-3H3/t15-/m1/s1. The lowest BCUT2D eigenvalue weighted by atomic mass is 10.2. The average Bonchev–Trinajstić information content (AvgIpc) is 3.08. The molecule has 0 aromatic carbocycles. The second-order valence-electron chi connectivity index (χ2n) is 5.72. The summed E-state index contributed by atoms with van der Waals surface area (Å²) in [5.74, 6) is 0. The maximum absolute atomic E-state index is 4.63. The summed E-state index contributed by atoms with van der Waals surface area (Å²) in [5.41, 5.74) is 3.64. The quantitative estimate of drug-likeness (QED) is 0.868. The van der Waals surface area contributed by atoms with Gasteiger partial charge in [-0.05, 0) is 33.3 Å². The number of likely N-dealkylation sites (tertiary alicyclic amines) is 1. The number of hydrogen-bond donors (Lipinski definition) is 0. The normalized spacial score (nSPS) is 19.9. The van der Waals surface area contributed by atoms with E-state index in [0.29, 0.717) is 6.04 Å². The van der Waals surface area contributed by atoms with Gasteiger partial charge in [0, 0.05) is 37.1 Å². The number of hydrogen-bond acceptors (Lipinski definition) is 4. The molecule has 1 aliphatic heterocycles. The molecule has 0 saturated carbocycles. The number of aryl methyl sites for hydroxylation is 3. The minimum Gasteiger partial charge on any atom is -0.301 e. The Labute approximate surface area is 124 Å². The average molecular weight is 290 g/mol. The Balaban J connectivity index is 1.55. The lowest BCUT2D eigenvalue weighted by molar-refractivity contribution is 0.320. The van der Waals surface area contributed by atoms with Crippen molar-refractivity contribution in [1.29, 1.82) is 0 Å². The molecule has 1 saturated heterocycles. The molecule has 0 bridgehead atoms. The zero-order valence-electron chi connectivity index (χ0n) is 12.5. The van der Waals surface area contributed by atoms with E-state index in [1.807, 2.05) is 0 Å². The van der Waals surface area contributed by atoms with Crippen molar-refractivity contribution >= 4 is 11.3 Å². The summed E-state index contributed by atoms with van der Waals surface area (Å²) in [4.78, 5) is 7.08. The fraction of sp³-hybridized carbons (Fsp3) is 0.600. The highest BCUT2D eigenvalue weighted by atomic mass is 32.1. The molecule has 108 valence electrons. The second-order valence-corrected chi connectivity index (χ2v) is 6.78. The maximum atomic E-state index is 4.63. The summed E-state index contributed by atoms with van der Waals surface area (Å²) >= 11 is 1.75. The molecule has 0 N–H and O–H groups in total. The van der Waals surface area contributed by atoms with Gasteiger partial charge in [0.2, 0.25) is 0 Å². The zero-order chi connectivity index (χ0) is 14.1. The van der Waals surface area contributed by atoms with Crippen LogP contribution < -0.4 is 0 Å². The Bertz CT molecular complexity index is 586. The van der Waals surface area contributed by atoms with Crippen LogP contribution in [0.5, 0.6) is 0 Å². The Kier molecular flexibility index (Phi) is 3.89. The predicted molar refractivity (Wildman–Crippen MR) is 82.4 cm³/mol. The molecule has 0 aliphatic carbocycles. The molecule has 0 spiro atoms. The van der Waals surface area contributed by atoms with Gasteiger partial charge in [0.25, 0.3) is 0 Å². The third kappa shape index (κ3) is 2.94. The summed E-state index contributed by atoms with van der Waals surface area (Å²) in [6.45, 7) is 9.70. The monoisotopic (exact) mass is 290 g/mol. The molecule has 1 aliphatic rings. The molecule has 3 heterocycles. The highest BCUT2D eigenvalue weighted by Crippen LogP contribution is 2.23. The van der Waals surface area contributed by atoms with Crippen molar-refractivity contribution in [2.24, 2.45) is 0 Å². The molecule has 0 unspecified atom stereocenters. The Morgan fingerprint density at radius 3 is 2.85 bits per heavy atom. The molecule has 20 heavy (non-hydrogen) atoms. The molecule has 4 nitrogen and oxygen atoms in total. The number of thiazole rings is 1. The topological polar surface area (TPSA) is 34.0 Å². The minimum atomic E-state index is 0.542. The van der Waals surface area contributed by atoms with Gasteiger partial charge in [0.1, 0.15) is 0 Å². The number of rotatable bonds is 4. The van der Waals surface area contributed by atoms with Gasteiger partial charge in [-0.25, -0.2) is 4.98 Å². The Morgan fingerprint density at radius 1 is 1.35 bits per heavy atom. The van der Waals surface area contributed by atoms with E-state index < -0.39 is 0 Å². The first-order valence-electron chi connectivity index (χ1n) is 7.28. The van der Waals surface area contributed by atoms with Crippen LogP contribution in [0.4, 0.5) is 0 Å². The van der Waals surface area contributed by atoms with Gasteiger partial charge >= 0.3 is 0 Å². The van der Waals surface area contributed by atoms with Crippen LogP contribution in [0.15, 0.2) is 11.4 Å². The molecule has 0 amide bonds. The van der Waals surface area contributed by atoms with Crippen molar-refractivity contribution in [3.05, 3.63) is 33.5 Å². The van der Waals surface area contributed by atoms with Gasteiger partial charge in [-0.2, -0.15) is 5.10 Å². The fourth-order valence-corrected chi connectivity index (χ4v) is 3.67. The maximum Gasteiger partial charge on any atom is 0.0897 e. The smallest absolute Gasteiger partial charge is 0.0897 e. The van der Waals surface area contributed by atoms with Crippen LogP contribution in [-0.2, 0) is 6.42 Å². The molecular weight excluding hydrogens is 268 g/mol. The summed E-state index contributed by atoms with van der Waals surface area (Å²) < 4.78 is 2.21. The van der Waals surface area contributed by atoms with Crippen LogP contribution in [0.3, 0.4) is 0 Å². The van der Waals surface area contributed by atoms with Crippen molar-refractivity contribution in [1.82, 2.24) is 19.7 Å². The van der Waals surface area contributed by atoms with Gasteiger partial charge in [-0.1, -0.05) is 0 Å². The van der Waals surface area contributed by atoms with E-state index >= 15 is 0 Å². The van der Waals surface area contributed by atoms with E-state index in [0.717, 1.165) is 25.2 Å². The largest absolute Gasteiger partial charge is 0.301 e. The summed E-state index contributed by atoms with van der Waals surface area (Å²) in [6.07, 6.45) is 2.27. The third-order valence-corrected chi connectivity index (χ3v) is 4.81. The SMILES string of the molecule is Cc1cc(C)n([C@@H]2CCN(CCc3csc(C)n3)C2)n1. The van der Waals surface area contributed by atoms with Gasteiger partial charge in [-0.15, -0.1) is 11.3 Å². The van der Waals surface area contributed by atoms with Crippen LogP contribution in [-0.4, -0.2) is 39.3 Å². The van der Waals surface area contributed by atoms with Crippen LogP contribution in [0, 0.1) is 20.8 Å². The first-order valence-corrected chi connectivity index (χ1v) is 8.16. The summed E-state index contributed by atoms with van der Waals surface area (Å²) in [7, 11) is 0. The lowest BCUT2D eigenvalue weighted by Gasteiger charge is -2.16.